The van der Waals surface area contributed by atoms with E-state index >= 15 is 0 Å². The summed E-state index contributed by atoms with van der Waals surface area (Å²) in [6.07, 6.45) is 4.03. The minimum atomic E-state index is -0.0956. The zero-order valence-electron chi connectivity index (χ0n) is 22.4. The number of hydrogen-bond acceptors (Lipinski definition) is 7. The van der Waals surface area contributed by atoms with Crippen LogP contribution in [0.4, 0.5) is 11.4 Å². The number of methoxy groups -OCH3 is 1. The van der Waals surface area contributed by atoms with E-state index in [1.807, 2.05) is 0 Å². The van der Waals surface area contributed by atoms with Crippen molar-refractivity contribution in [2.45, 2.75) is 78.0 Å². The van der Waals surface area contributed by atoms with Gasteiger partial charge in [-0.3, -0.25) is 15.5 Å². The largest absolute Gasteiger partial charge is 0.491 e. The van der Waals surface area contributed by atoms with Crippen LogP contribution in [0.15, 0.2) is 30.3 Å². The molecule has 0 spiro atoms. The molecule has 3 rings (SSSR count). The van der Waals surface area contributed by atoms with Gasteiger partial charge in [-0.15, -0.1) is 0 Å². The van der Waals surface area contributed by atoms with Crippen LogP contribution in [0.25, 0.3) is 0 Å². The summed E-state index contributed by atoms with van der Waals surface area (Å²) in [5.41, 5.74) is 13.9. The Hall–Kier alpha value is -2.81. The summed E-state index contributed by atoms with van der Waals surface area (Å²) in [5, 5.41) is 3.26. The molecule has 36 heavy (non-hydrogen) atoms. The van der Waals surface area contributed by atoms with Crippen molar-refractivity contribution in [1.29, 1.82) is 0 Å². The number of nitrogens with zero attached hydrogens (tertiary/aromatic N) is 1. The van der Waals surface area contributed by atoms with Crippen molar-refractivity contribution in [1.82, 2.24) is 10.2 Å². The predicted molar refractivity (Wildman–Crippen MR) is 146 cm³/mol. The molecule has 0 aliphatic carbocycles. The molecule has 3 atom stereocenters. The highest BCUT2D eigenvalue weighted by Gasteiger charge is 2.34. The second-order valence-electron chi connectivity index (χ2n) is 9.87. The number of nitrogens with two attached hydrogens (primary N) is 2. The third kappa shape index (κ3) is 6.69. The van der Waals surface area contributed by atoms with Crippen molar-refractivity contribution in [2.24, 2.45) is 5.84 Å². The summed E-state index contributed by atoms with van der Waals surface area (Å²) in [5.74, 6) is 6.28. The maximum absolute atomic E-state index is 13.0. The van der Waals surface area contributed by atoms with E-state index in [4.69, 9.17) is 21.1 Å². The van der Waals surface area contributed by atoms with Crippen LogP contribution in [0.3, 0.4) is 0 Å². The number of likely N-dealkylation sites (tertiary alicyclic amines) is 1. The predicted octanol–water partition coefficient (Wildman–Crippen LogP) is 4.15. The molecule has 0 bridgehead atoms. The van der Waals surface area contributed by atoms with Crippen molar-refractivity contribution >= 4 is 17.3 Å². The van der Waals surface area contributed by atoms with Gasteiger partial charge in [0.25, 0.3) is 5.91 Å². The fourth-order valence-corrected chi connectivity index (χ4v) is 5.20. The highest BCUT2D eigenvalue weighted by Crippen LogP contribution is 2.31. The second-order valence-corrected chi connectivity index (χ2v) is 9.87. The molecule has 3 unspecified atom stereocenters. The van der Waals surface area contributed by atoms with Crippen molar-refractivity contribution < 1.29 is 14.3 Å². The number of carbonyl (C=O) groups is 1. The van der Waals surface area contributed by atoms with Gasteiger partial charge < -0.3 is 25.9 Å². The van der Waals surface area contributed by atoms with Crippen LogP contribution in [0.2, 0.25) is 0 Å². The standard InChI is InChI=1S/C28H43N5O3/c1-6-7-24-16-23(31-28(34)21-8-10-26(32-30)25(29)15-21)14-18(2)33(24)17-22-9-11-27(20(4)19(22)3)36-13-12-35-5/h8-11,15,18,23-24,32H,6-7,12-14,16-17,29-30H2,1-5H3,(H,31,34). The fraction of sp³-hybridized carbons (Fsp3) is 0.536. The smallest absolute Gasteiger partial charge is 0.251 e. The number of hydrogen-bond donors (Lipinski definition) is 4. The first-order chi connectivity index (χ1) is 17.3. The van der Waals surface area contributed by atoms with Crippen LogP contribution in [-0.4, -0.2) is 49.3 Å². The van der Waals surface area contributed by atoms with Crippen molar-refractivity contribution in [3.63, 3.8) is 0 Å². The molecule has 0 aromatic heterocycles. The molecule has 0 saturated carbocycles. The van der Waals surface area contributed by atoms with E-state index in [0.717, 1.165) is 38.0 Å². The Bertz CT molecular complexity index is 1030. The summed E-state index contributed by atoms with van der Waals surface area (Å²) < 4.78 is 11.0. The lowest BCUT2D eigenvalue weighted by Gasteiger charge is -2.44. The van der Waals surface area contributed by atoms with Crippen LogP contribution >= 0.6 is 0 Å². The van der Waals surface area contributed by atoms with E-state index in [1.54, 1.807) is 25.3 Å². The Labute approximate surface area is 215 Å². The maximum Gasteiger partial charge on any atom is 0.251 e. The SMILES string of the molecule is CCCC1CC(NC(=O)c2ccc(NN)c(N)c2)CC(C)N1Cc1ccc(OCCOC)c(C)c1C. The number of amides is 1. The molecule has 8 heteroatoms. The van der Waals surface area contributed by atoms with Crippen molar-refractivity contribution in [3.05, 3.63) is 52.6 Å². The van der Waals surface area contributed by atoms with Gasteiger partial charge in [-0.05, 0) is 81.0 Å². The highest BCUT2D eigenvalue weighted by molar-refractivity contribution is 5.96. The first-order valence-electron chi connectivity index (χ1n) is 12.9. The van der Waals surface area contributed by atoms with Crippen molar-refractivity contribution in [3.8, 4) is 5.75 Å². The van der Waals surface area contributed by atoms with E-state index in [0.29, 0.717) is 42.2 Å². The van der Waals surface area contributed by atoms with Gasteiger partial charge in [0.15, 0.2) is 0 Å². The zero-order valence-corrected chi connectivity index (χ0v) is 22.4. The Morgan fingerprint density at radius 3 is 2.58 bits per heavy atom. The summed E-state index contributed by atoms with van der Waals surface area (Å²) in [6.45, 7) is 10.8. The molecule has 1 amide bonds. The second kappa shape index (κ2) is 12.9. The molecule has 0 radical (unpaired) electrons. The first-order valence-corrected chi connectivity index (χ1v) is 12.9. The molecule has 1 aliphatic heterocycles. The van der Waals surface area contributed by atoms with Crippen LogP contribution in [0.1, 0.15) is 66.6 Å². The molecule has 198 valence electrons. The Morgan fingerprint density at radius 1 is 1.14 bits per heavy atom. The van der Waals surface area contributed by atoms with Crippen LogP contribution in [0.5, 0.6) is 5.75 Å². The molecule has 6 N–H and O–H groups in total. The topological polar surface area (TPSA) is 115 Å². The van der Waals surface area contributed by atoms with Gasteiger partial charge in [-0.25, -0.2) is 0 Å². The van der Waals surface area contributed by atoms with Crippen LogP contribution in [0, 0.1) is 13.8 Å². The van der Waals surface area contributed by atoms with E-state index in [1.165, 1.54) is 16.7 Å². The molecule has 1 heterocycles. The van der Waals surface area contributed by atoms with E-state index < -0.39 is 0 Å². The summed E-state index contributed by atoms with van der Waals surface area (Å²) >= 11 is 0. The summed E-state index contributed by atoms with van der Waals surface area (Å²) in [4.78, 5) is 15.6. The number of nitrogen functional groups attached to an aromatic ring is 2. The number of carbonyl (C=O) groups excluding carboxylic acids is 1. The highest BCUT2D eigenvalue weighted by atomic mass is 16.5. The van der Waals surface area contributed by atoms with Gasteiger partial charge in [0.05, 0.1) is 18.0 Å². The number of anilines is 2. The van der Waals surface area contributed by atoms with E-state index in [-0.39, 0.29) is 11.9 Å². The molecule has 2 aromatic rings. The van der Waals surface area contributed by atoms with Gasteiger partial charge >= 0.3 is 0 Å². The average Bonchev–Trinajstić information content (AvgIpc) is 2.85. The lowest BCUT2D eigenvalue weighted by Crippen LogP contribution is -2.53. The third-order valence-corrected chi connectivity index (χ3v) is 7.39. The third-order valence-electron chi connectivity index (χ3n) is 7.39. The first kappa shape index (κ1) is 27.8. The lowest BCUT2D eigenvalue weighted by molar-refractivity contribution is 0.0557. The Balaban J connectivity index is 1.69. The monoisotopic (exact) mass is 497 g/mol. The number of rotatable bonds is 11. The molecule has 2 aromatic carbocycles. The maximum atomic E-state index is 13.0. The summed E-state index contributed by atoms with van der Waals surface area (Å²) in [6, 6.07) is 10.3. The normalized spacial score (nSPS) is 20.2. The minimum Gasteiger partial charge on any atom is -0.491 e. The average molecular weight is 498 g/mol. The molecular weight excluding hydrogens is 454 g/mol. The fourth-order valence-electron chi connectivity index (χ4n) is 5.20. The van der Waals surface area contributed by atoms with Crippen LogP contribution < -0.4 is 27.1 Å². The number of piperidine rings is 1. The molecule has 1 aliphatic rings. The van der Waals surface area contributed by atoms with Crippen LogP contribution in [-0.2, 0) is 11.3 Å². The van der Waals surface area contributed by atoms with Gasteiger partial charge in [-0.1, -0.05) is 19.4 Å². The van der Waals surface area contributed by atoms with E-state index in [2.05, 4.69) is 55.5 Å². The van der Waals surface area contributed by atoms with Gasteiger partial charge in [0.2, 0.25) is 0 Å². The molecule has 8 nitrogen and oxygen atoms in total. The zero-order chi connectivity index (χ0) is 26.2. The van der Waals surface area contributed by atoms with Crippen molar-refractivity contribution in [2.75, 3.05) is 31.5 Å². The summed E-state index contributed by atoms with van der Waals surface area (Å²) in [7, 11) is 1.68. The van der Waals surface area contributed by atoms with Gasteiger partial charge in [-0.2, -0.15) is 0 Å². The molecule has 1 saturated heterocycles. The Kier molecular flexibility index (Phi) is 9.98. The van der Waals surface area contributed by atoms with E-state index in [9.17, 15) is 4.79 Å². The number of benzene rings is 2. The lowest BCUT2D eigenvalue weighted by atomic mass is 9.88. The Morgan fingerprint density at radius 2 is 1.92 bits per heavy atom. The minimum absolute atomic E-state index is 0.0956. The number of nitrogens with one attached hydrogen (secondary N) is 2. The molecule has 1 fully saturated rings. The van der Waals surface area contributed by atoms with Gasteiger partial charge in [0, 0.05) is 37.3 Å². The number of hydrazine groups is 1. The van der Waals surface area contributed by atoms with Gasteiger partial charge in [0.1, 0.15) is 12.4 Å². The quantitative estimate of drug-likeness (QED) is 0.160. The molecular formula is C28H43N5O3. The number of ether oxygens (including phenoxy) is 2.